The number of hydrazine groups is 1. The van der Waals surface area contributed by atoms with Gasteiger partial charge < -0.3 is 4.74 Å². The van der Waals surface area contributed by atoms with Gasteiger partial charge in [-0.05, 0) is 30.4 Å². The molecule has 0 radical (unpaired) electrons. The Morgan fingerprint density at radius 2 is 1.76 bits per heavy atom. The van der Waals surface area contributed by atoms with Crippen LogP contribution in [-0.4, -0.2) is 13.2 Å². The number of ether oxygens (including phenoxy) is 1. The summed E-state index contributed by atoms with van der Waals surface area (Å²) in [7, 11) is 0. The summed E-state index contributed by atoms with van der Waals surface area (Å²) in [5.74, 6) is 6.15. The lowest BCUT2D eigenvalue weighted by Crippen LogP contribution is -2.29. The molecular formula is C14H24N2O. The fourth-order valence-corrected chi connectivity index (χ4v) is 1.80. The molecule has 1 aromatic carbocycles. The molecule has 1 rings (SSSR count). The second kappa shape index (κ2) is 7.43. The zero-order valence-electron chi connectivity index (χ0n) is 11.1. The smallest absolute Gasteiger partial charge is 0.0484 e. The van der Waals surface area contributed by atoms with Gasteiger partial charge in [0.2, 0.25) is 0 Å². The van der Waals surface area contributed by atoms with E-state index in [2.05, 4.69) is 43.5 Å². The van der Waals surface area contributed by atoms with Gasteiger partial charge in [-0.2, -0.15) is 0 Å². The Hall–Kier alpha value is -0.900. The highest BCUT2D eigenvalue weighted by atomic mass is 16.5. The maximum Gasteiger partial charge on any atom is 0.0484 e. The minimum Gasteiger partial charge on any atom is -0.382 e. The summed E-state index contributed by atoms with van der Waals surface area (Å²) in [5, 5.41) is 0. The average molecular weight is 236 g/mol. The molecule has 0 amide bonds. The highest BCUT2D eigenvalue weighted by Crippen LogP contribution is 2.20. The van der Waals surface area contributed by atoms with Crippen LogP contribution in [0.3, 0.4) is 0 Å². The van der Waals surface area contributed by atoms with Gasteiger partial charge in [-0.1, -0.05) is 38.1 Å². The first kappa shape index (κ1) is 14.2. The molecule has 1 atom stereocenters. The third-order valence-corrected chi connectivity index (χ3v) is 2.96. The number of nitrogens with one attached hydrogen (secondary N) is 1. The number of rotatable bonds is 7. The molecule has 1 aromatic rings. The quantitative estimate of drug-likeness (QED) is 0.435. The Balaban J connectivity index is 2.62. The number of benzene rings is 1. The van der Waals surface area contributed by atoms with Gasteiger partial charge in [0, 0.05) is 19.3 Å². The summed E-state index contributed by atoms with van der Waals surface area (Å²) in [6.07, 6.45) is 0.894. The average Bonchev–Trinajstić information content (AvgIpc) is 2.35. The summed E-state index contributed by atoms with van der Waals surface area (Å²) in [4.78, 5) is 0. The highest BCUT2D eigenvalue weighted by molar-refractivity contribution is 5.26. The normalized spacial score (nSPS) is 13.0. The van der Waals surface area contributed by atoms with Gasteiger partial charge in [0.05, 0.1) is 0 Å². The van der Waals surface area contributed by atoms with E-state index in [0.717, 1.165) is 19.6 Å². The van der Waals surface area contributed by atoms with E-state index in [4.69, 9.17) is 10.6 Å². The molecule has 0 fully saturated rings. The van der Waals surface area contributed by atoms with Gasteiger partial charge in [0.25, 0.3) is 0 Å². The first-order chi connectivity index (χ1) is 8.19. The van der Waals surface area contributed by atoms with Crippen molar-refractivity contribution >= 4 is 0 Å². The second-order valence-electron chi connectivity index (χ2n) is 4.53. The van der Waals surface area contributed by atoms with Gasteiger partial charge in [-0.3, -0.25) is 11.3 Å². The minimum absolute atomic E-state index is 0.169. The molecule has 0 heterocycles. The number of hydrogen-bond donors (Lipinski definition) is 2. The Morgan fingerprint density at radius 1 is 1.18 bits per heavy atom. The molecule has 0 aliphatic rings. The molecule has 0 spiro atoms. The van der Waals surface area contributed by atoms with Gasteiger partial charge in [0.1, 0.15) is 0 Å². The van der Waals surface area contributed by atoms with E-state index < -0.39 is 0 Å². The van der Waals surface area contributed by atoms with Crippen LogP contribution in [-0.2, 0) is 4.74 Å². The van der Waals surface area contributed by atoms with Crippen molar-refractivity contribution in [1.82, 2.24) is 5.43 Å². The predicted octanol–water partition coefficient (Wildman–Crippen LogP) is 2.74. The third-order valence-electron chi connectivity index (χ3n) is 2.96. The van der Waals surface area contributed by atoms with Gasteiger partial charge in [-0.25, -0.2) is 0 Å². The van der Waals surface area contributed by atoms with E-state index in [0.29, 0.717) is 5.92 Å². The van der Waals surface area contributed by atoms with Crippen LogP contribution in [0.15, 0.2) is 24.3 Å². The Bertz CT molecular complexity index is 309. The Labute approximate surface area is 104 Å². The van der Waals surface area contributed by atoms with Crippen molar-refractivity contribution in [3.63, 3.8) is 0 Å². The van der Waals surface area contributed by atoms with Gasteiger partial charge in [-0.15, -0.1) is 0 Å². The molecule has 0 aliphatic carbocycles. The molecular weight excluding hydrogens is 212 g/mol. The first-order valence-electron chi connectivity index (χ1n) is 6.32. The molecule has 3 nitrogen and oxygen atoms in total. The topological polar surface area (TPSA) is 47.3 Å². The summed E-state index contributed by atoms with van der Waals surface area (Å²) < 4.78 is 5.35. The van der Waals surface area contributed by atoms with Crippen LogP contribution >= 0.6 is 0 Å². The minimum atomic E-state index is 0.169. The molecule has 1 unspecified atom stereocenters. The molecule has 0 saturated carbocycles. The summed E-state index contributed by atoms with van der Waals surface area (Å²) >= 11 is 0. The largest absolute Gasteiger partial charge is 0.382 e. The van der Waals surface area contributed by atoms with Crippen molar-refractivity contribution in [3.05, 3.63) is 35.4 Å². The van der Waals surface area contributed by atoms with Crippen LogP contribution in [0.25, 0.3) is 0 Å². The lowest BCUT2D eigenvalue weighted by molar-refractivity contribution is 0.136. The molecule has 3 heteroatoms. The van der Waals surface area contributed by atoms with Crippen LogP contribution in [0, 0.1) is 0 Å². The first-order valence-corrected chi connectivity index (χ1v) is 6.32. The zero-order chi connectivity index (χ0) is 12.7. The molecule has 0 aliphatic heterocycles. The van der Waals surface area contributed by atoms with E-state index in [1.54, 1.807) is 0 Å². The molecule has 0 aromatic heterocycles. The molecule has 0 bridgehead atoms. The summed E-state index contributed by atoms with van der Waals surface area (Å²) in [6.45, 7) is 7.88. The summed E-state index contributed by atoms with van der Waals surface area (Å²) in [6, 6.07) is 8.80. The predicted molar refractivity (Wildman–Crippen MR) is 71.7 cm³/mol. The molecule has 96 valence electrons. The fourth-order valence-electron chi connectivity index (χ4n) is 1.80. The fraction of sp³-hybridized carbons (Fsp3) is 0.571. The summed E-state index contributed by atoms with van der Waals surface area (Å²) in [5.41, 5.74) is 5.42. The second-order valence-corrected chi connectivity index (χ2v) is 4.53. The van der Waals surface area contributed by atoms with E-state index >= 15 is 0 Å². The molecule has 0 saturated heterocycles. The SMILES string of the molecule is CCOCCC(NN)c1ccc(C(C)C)cc1. The highest BCUT2D eigenvalue weighted by Gasteiger charge is 2.09. The maximum absolute atomic E-state index is 5.58. The van der Waals surface area contributed by atoms with E-state index in [-0.39, 0.29) is 6.04 Å². The van der Waals surface area contributed by atoms with Crippen LogP contribution in [0.2, 0.25) is 0 Å². The van der Waals surface area contributed by atoms with Crippen molar-refractivity contribution < 1.29 is 4.74 Å². The molecule has 3 N–H and O–H groups in total. The van der Waals surface area contributed by atoms with Crippen LogP contribution in [0.4, 0.5) is 0 Å². The standard InChI is InChI=1S/C14H24N2O/c1-4-17-10-9-14(16-15)13-7-5-12(6-8-13)11(2)3/h5-8,11,14,16H,4,9-10,15H2,1-3H3. The maximum atomic E-state index is 5.58. The molecule has 17 heavy (non-hydrogen) atoms. The van der Waals surface area contributed by atoms with E-state index in [9.17, 15) is 0 Å². The van der Waals surface area contributed by atoms with Gasteiger partial charge >= 0.3 is 0 Å². The number of nitrogens with two attached hydrogens (primary N) is 1. The van der Waals surface area contributed by atoms with E-state index in [1.165, 1.54) is 11.1 Å². The van der Waals surface area contributed by atoms with Crippen LogP contribution in [0.5, 0.6) is 0 Å². The monoisotopic (exact) mass is 236 g/mol. The van der Waals surface area contributed by atoms with Crippen LogP contribution in [0.1, 0.15) is 50.3 Å². The lowest BCUT2D eigenvalue weighted by Gasteiger charge is -2.17. The number of hydrogen-bond acceptors (Lipinski definition) is 3. The Kier molecular flexibility index (Phi) is 6.19. The zero-order valence-corrected chi connectivity index (χ0v) is 11.1. The Morgan fingerprint density at radius 3 is 2.24 bits per heavy atom. The van der Waals surface area contributed by atoms with Crippen molar-refractivity contribution in [2.45, 2.75) is 39.2 Å². The van der Waals surface area contributed by atoms with Crippen molar-refractivity contribution in [2.24, 2.45) is 5.84 Å². The van der Waals surface area contributed by atoms with Crippen molar-refractivity contribution in [3.8, 4) is 0 Å². The van der Waals surface area contributed by atoms with Crippen LogP contribution < -0.4 is 11.3 Å². The lowest BCUT2D eigenvalue weighted by atomic mass is 9.98. The van der Waals surface area contributed by atoms with Crippen molar-refractivity contribution in [1.29, 1.82) is 0 Å². The third kappa shape index (κ3) is 4.46. The van der Waals surface area contributed by atoms with Gasteiger partial charge in [0.15, 0.2) is 0 Å². The van der Waals surface area contributed by atoms with E-state index in [1.807, 2.05) is 6.92 Å². The van der Waals surface area contributed by atoms with Crippen molar-refractivity contribution in [2.75, 3.05) is 13.2 Å².